The van der Waals surface area contributed by atoms with Crippen molar-refractivity contribution in [3.8, 4) is 0 Å². The van der Waals surface area contributed by atoms with Gasteiger partial charge in [0.25, 0.3) is 0 Å². The van der Waals surface area contributed by atoms with Crippen LogP contribution in [0.4, 0.5) is 0 Å². The van der Waals surface area contributed by atoms with Crippen LogP contribution in [0, 0.1) is 0 Å². The highest BCUT2D eigenvalue weighted by Gasteiger charge is 2.17. The number of carbonyl (C=O) groups is 2. The predicted molar refractivity (Wildman–Crippen MR) is 52.7 cm³/mol. The van der Waals surface area contributed by atoms with Gasteiger partial charge in [-0.05, 0) is 24.3 Å². The highest BCUT2D eigenvalue weighted by atomic mass is 16.6. The van der Waals surface area contributed by atoms with E-state index in [4.69, 9.17) is 4.42 Å². The van der Waals surface area contributed by atoms with E-state index in [1.165, 1.54) is 30.7 Å². The van der Waals surface area contributed by atoms with E-state index in [0.29, 0.717) is 0 Å². The standard InChI is InChI=1S/C11H7NO4/c13-10(8-4-1-2-6-12-8)16-11(14)9-5-3-7-15-9/h1-7H. The van der Waals surface area contributed by atoms with Crippen LogP contribution < -0.4 is 0 Å². The van der Waals surface area contributed by atoms with Crippen LogP contribution >= 0.6 is 0 Å². The summed E-state index contributed by atoms with van der Waals surface area (Å²) < 4.78 is 9.33. The van der Waals surface area contributed by atoms with Crippen LogP contribution in [0.25, 0.3) is 0 Å². The first-order chi connectivity index (χ1) is 7.77. The largest absolute Gasteiger partial charge is 0.457 e. The maximum absolute atomic E-state index is 11.4. The van der Waals surface area contributed by atoms with E-state index in [2.05, 4.69) is 9.72 Å². The number of hydrogen-bond acceptors (Lipinski definition) is 5. The lowest BCUT2D eigenvalue weighted by atomic mass is 10.3. The van der Waals surface area contributed by atoms with E-state index in [1.807, 2.05) is 0 Å². The van der Waals surface area contributed by atoms with E-state index in [1.54, 1.807) is 12.1 Å². The molecule has 0 aliphatic rings. The van der Waals surface area contributed by atoms with Crippen LogP contribution in [0.2, 0.25) is 0 Å². The third-order valence-corrected chi connectivity index (χ3v) is 1.78. The molecule has 0 saturated heterocycles. The maximum Gasteiger partial charge on any atom is 0.382 e. The molecule has 2 aromatic rings. The summed E-state index contributed by atoms with van der Waals surface area (Å²) in [6.07, 6.45) is 2.76. The smallest absolute Gasteiger partial charge is 0.382 e. The molecule has 0 spiro atoms. The van der Waals surface area contributed by atoms with Crippen LogP contribution in [0.15, 0.2) is 47.2 Å². The minimum atomic E-state index is -0.833. The van der Waals surface area contributed by atoms with Gasteiger partial charge in [0, 0.05) is 6.20 Å². The summed E-state index contributed by atoms with van der Waals surface area (Å²) in [4.78, 5) is 26.5. The van der Waals surface area contributed by atoms with Gasteiger partial charge in [0.15, 0.2) is 0 Å². The van der Waals surface area contributed by atoms with Crippen LogP contribution in [0.3, 0.4) is 0 Å². The Labute approximate surface area is 90.7 Å². The topological polar surface area (TPSA) is 69.4 Å². The van der Waals surface area contributed by atoms with Gasteiger partial charge in [0.05, 0.1) is 6.26 Å². The Bertz CT molecular complexity index is 490. The van der Waals surface area contributed by atoms with Crippen molar-refractivity contribution in [2.75, 3.05) is 0 Å². The van der Waals surface area contributed by atoms with Crippen molar-refractivity contribution < 1.29 is 18.7 Å². The zero-order valence-corrected chi connectivity index (χ0v) is 8.12. The molecule has 2 rings (SSSR count). The molecule has 5 nitrogen and oxygen atoms in total. The fraction of sp³-hybridized carbons (Fsp3) is 0. The second-order valence-corrected chi connectivity index (χ2v) is 2.87. The van der Waals surface area contributed by atoms with Gasteiger partial charge in [0.2, 0.25) is 5.76 Å². The van der Waals surface area contributed by atoms with Gasteiger partial charge in [-0.2, -0.15) is 0 Å². The predicted octanol–water partition coefficient (Wildman–Crippen LogP) is 1.67. The molecule has 2 heterocycles. The van der Waals surface area contributed by atoms with Gasteiger partial charge in [-0.25, -0.2) is 14.6 Å². The number of pyridine rings is 1. The van der Waals surface area contributed by atoms with Crippen molar-refractivity contribution >= 4 is 11.9 Å². The zero-order valence-electron chi connectivity index (χ0n) is 8.12. The Morgan fingerprint density at radius 3 is 2.62 bits per heavy atom. The number of rotatable bonds is 2. The summed E-state index contributed by atoms with van der Waals surface area (Å²) >= 11 is 0. The summed E-state index contributed by atoms with van der Waals surface area (Å²) in [5.41, 5.74) is 0.0717. The van der Waals surface area contributed by atoms with Gasteiger partial charge in [0.1, 0.15) is 5.69 Å². The van der Waals surface area contributed by atoms with Crippen LogP contribution in [0.5, 0.6) is 0 Å². The molecular formula is C11H7NO4. The van der Waals surface area contributed by atoms with Crippen LogP contribution in [-0.4, -0.2) is 16.9 Å². The van der Waals surface area contributed by atoms with Crippen molar-refractivity contribution in [2.24, 2.45) is 0 Å². The van der Waals surface area contributed by atoms with Crippen LogP contribution in [0.1, 0.15) is 21.0 Å². The number of furan rings is 1. The van der Waals surface area contributed by atoms with Gasteiger partial charge >= 0.3 is 11.9 Å². The minimum Gasteiger partial charge on any atom is -0.457 e. The third kappa shape index (κ3) is 2.14. The summed E-state index contributed by atoms with van der Waals surface area (Å²) in [5.74, 6) is -1.66. The van der Waals surface area contributed by atoms with Crippen LogP contribution in [-0.2, 0) is 4.74 Å². The molecule has 0 amide bonds. The first-order valence-corrected chi connectivity index (χ1v) is 4.48. The van der Waals surface area contributed by atoms with Crippen molar-refractivity contribution in [2.45, 2.75) is 0 Å². The van der Waals surface area contributed by atoms with Crippen molar-refractivity contribution in [3.05, 3.63) is 54.2 Å². The number of hydrogen-bond donors (Lipinski definition) is 0. The zero-order chi connectivity index (χ0) is 11.4. The molecule has 0 saturated carbocycles. The van der Waals surface area contributed by atoms with Crippen molar-refractivity contribution in [3.63, 3.8) is 0 Å². The third-order valence-electron chi connectivity index (χ3n) is 1.78. The Balaban J connectivity index is 2.06. The first-order valence-electron chi connectivity index (χ1n) is 4.48. The Kier molecular flexibility index (Phi) is 2.77. The number of carbonyl (C=O) groups excluding carboxylic acids is 2. The van der Waals surface area contributed by atoms with Crippen molar-refractivity contribution in [1.29, 1.82) is 0 Å². The Morgan fingerprint density at radius 2 is 2.00 bits per heavy atom. The molecule has 0 aliphatic carbocycles. The van der Waals surface area contributed by atoms with Gasteiger partial charge in [-0.15, -0.1) is 0 Å². The Hall–Kier alpha value is -2.43. The molecule has 0 aliphatic heterocycles. The lowest BCUT2D eigenvalue weighted by Gasteiger charge is -1.99. The molecule has 0 bridgehead atoms. The molecular weight excluding hydrogens is 210 g/mol. The van der Waals surface area contributed by atoms with E-state index in [0.717, 1.165) is 0 Å². The molecule has 5 heteroatoms. The molecule has 0 fully saturated rings. The molecule has 0 unspecified atom stereocenters. The van der Waals surface area contributed by atoms with Gasteiger partial charge in [-0.1, -0.05) is 6.07 Å². The second kappa shape index (κ2) is 4.39. The molecule has 80 valence electrons. The summed E-state index contributed by atoms with van der Waals surface area (Å²) in [6, 6.07) is 7.68. The SMILES string of the molecule is O=C(OC(=O)c1ccco1)c1ccccn1. The van der Waals surface area contributed by atoms with E-state index >= 15 is 0 Å². The summed E-state index contributed by atoms with van der Waals surface area (Å²) in [7, 11) is 0. The minimum absolute atomic E-state index is 0.0238. The molecule has 0 atom stereocenters. The van der Waals surface area contributed by atoms with Gasteiger partial charge < -0.3 is 9.15 Å². The maximum atomic E-state index is 11.4. The van der Waals surface area contributed by atoms with Gasteiger partial charge in [-0.3, -0.25) is 0 Å². The summed E-state index contributed by atoms with van der Waals surface area (Å²) in [6.45, 7) is 0. The lowest BCUT2D eigenvalue weighted by molar-refractivity contribution is 0.0371. The number of esters is 2. The molecule has 0 radical (unpaired) electrons. The number of nitrogens with zero attached hydrogens (tertiary/aromatic N) is 1. The quantitative estimate of drug-likeness (QED) is 0.565. The van der Waals surface area contributed by atoms with E-state index in [-0.39, 0.29) is 11.5 Å². The number of aromatic nitrogens is 1. The fourth-order valence-corrected chi connectivity index (χ4v) is 1.06. The molecule has 2 aromatic heterocycles. The van der Waals surface area contributed by atoms with E-state index in [9.17, 15) is 9.59 Å². The van der Waals surface area contributed by atoms with E-state index < -0.39 is 11.9 Å². The molecule has 0 aromatic carbocycles. The summed E-state index contributed by atoms with van der Waals surface area (Å²) in [5, 5.41) is 0. The highest BCUT2D eigenvalue weighted by molar-refractivity contribution is 6.00. The second-order valence-electron chi connectivity index (χ2n) is 2.87. The molecule has 16 heavy (non-hydrogen) atoms. The average Bonchev–Trinajstić information content (AvgIpc) is 2.83. The average molecular weight is 217 g/mol. The highest BCUT2D eigenvalue weighted by Crippen LogP contribution is 2.05. The fourth-order valence-electron chi connectivity index (χ4n) is 1.06. The number of ether oxygens (including phenoxy) is 1. The van der Waals surface area contributed by atoms with Crippen molar-refractivity contribution in [1.82, 2.24) is 4.98 Å². The lowest BCUT2D eigenvalue weighted by Crippen LogP contribution is -2.13. The normalized spacial score (nSPS) is 9.75. The Morgan fingerprint density at radius 1 is 1.12 bits per heavy atom. The first kappa shape index (κ1) is 10.1. The monoisotopic (exact) mass is 217 g/mol. The molecule has 0 N–H and O–H groups in total.